The van der Waals surface area contributed by atoms with Crippen LogP contribution in [-0.2, 0) is 5.41 Å². The summed E-state index contributed by atoms with van der Waals surface area (Å²) in [5, 5.41) is 4.83. The summed E-state index contributed by atoms with van der Waals surface area (Å²) in [6.07, 6.45) is 0. The maximum atomic E-state index is 6.64. The summed E-state index contributed by atoms with van der Waals surface area (Å²) in [4.78, 5) is 2.55. The van der Waals surface area contributed by atoms with Gasteiger partial charge < -0.3 is 8.98 Å². The highest BCUT2D eigenvalue weighted by atomic mass is 32.2. The molecule has 1 aliphatic carbocycles. The number of hydrogen-bond acceptors (Lipinski definition) is 2. The Hall–Kier alpha value is -6.29. The van der Waals surface area contributed by atoms with Crippen molar-refractivity contribution in [2.75, 3.05) is 0 Å². The second kappa shape index (κ2) is 10.4. The molecule has 10 aromatic rings. The molecule has 0 amide bonds. The van der Waals surface area contributed by atoms with Crippen LogP contribution in [0.3, 0.4) is 0 Å². The lowest BCUT2D eigenvalue weighted by atomic mass is 9.67. The van der Waals surface area contributed by atoms with Crippen LogP contribution >= 0.6 is 11.8 Å². The fourth-order valence-electron chi connectivity index (χ4n) is 9.42. The fourth-order valence-corrected chi connectivity index (χ4v) is 10.7. The number of benzene rings is 8. The van der Waals surface area contributed by atoms with Crippen LogP contribution < -0.4 is 0 Å². The van der Waals surface area contributed by atoms with Crippen LogP contribution in [0.25, 0.3) is 71.7 Å². The maximum Gasteiger partial charge on any atom is 0.143 e. The molecule has 0 N–H and O–H groups in total. The Morgan fingerprint density at radius 1 is 0.423 bits per heavy atom. The maximum absolute atomic E-state index is 6.64. The molecule has 3 heterocycles. The van der Waals surface area contributed by atoms with Gasteiger partial charge in [0.1, 0.15) is 11.2 Å². The molecule has 0 fully saturated rings. The normalized spacial score (nSPS) is 13.8. The van der Waals surface area contributed by atoms with Crippen molar-refractivity contribution in [1.29, 1.82) is 0 Å². The highest BCUT2D eigenvalue weighted by Crippen LogP contribution is 2.63. The van der Waals surface area contributed by atoms with Crippen LogP contribution in [0.1, 0.15) is 22.3 Å². The van der Waals surface area contributed by atoms with Crippen LogP contribution in [0.4, 0.5) is 0 Å². The van der Waals surface area contributed by atoms with E-state index >= 15 is 0 Å². The third-order valence-electron chi connectivity index (χ3n) is 11.5. The predicted octanol–water partition coefficient (Wildman–Crippen LogP) is 13.2. The summed E-state index contributed by atoms with van der Waals surface area (Å²) in [5.74, 6) is 0. The van der Waals surface area contributed by atoms with E-state index in [0.717, 1.165) is 27.5 Å². The van der Waals surface area contributed by atoms with Crippen molar-refractivity contribution < 1.29 is 4.42 Å². The van der Waals surface area contributed by atoms with Gasteiger partial charge in [0.25, 0.3) is 0 Å². The first-order chi connectivity index (χ1) is 25.8. The monoisotopic (exact) mass is 679 g/mol. The van der Waals surface area contributed by atoms with Crippen molar-refractivity contribution in [1.82, 2.24) is 4.57 Å². The van der Waals surface area contributed by atoms with Gasteiger partial charge in [-0.3, -0.25) is 0 Å². The van der Waals surface area contributed by atoms with Gasteiger partial charge >= 0.3 is 0 Å². The van der Waals surface area contributed by atoms with Crippen molar-refractivity contribution in [3.05, 3.63) is 198 Å². The minimum absolute atomic E-state index is 0.518. The molecule has 0 atom stereocenters. The van der Waals surface area contributed by atoms with Gasteiger partial charge in [0.15, 0.2) is 0 Å². The number of para-hydroxylation sites is 4. The van der Waals surface area contributed by atoms with E-state index in [1.165, 1.54) is 76.2 Å². The zero-order valence-electron chi connectivity index (χ0n) is 28.0. The Labute approximate surface area is 304 Å². The van der Waals surface area contributed by atoms with Gasteiger partial charge in [0.2, 0.25) is 0 Å². The summed E-state index contributed by atoms with van der Waals surface area (Å²) in [6, 6.07) is 64.7. The van der Waals surface area contributed by atoms with Crippen molar-refractivity contribution in [2.45, 2.75) is 15.2 Å². The number of aromatic nitrogens is 1. The Balaban J connectivity index is 1.19. The summed E-state index contributed by atoms with van der Waals surface area (Å²) in [5.41, 5.74) is 15.2. The van der Waals surface area contributed by atoms with E-state index in [1.54, 1.807) is 0 Å². The number of furan rings is 1. The van der Waals surface area contributed by atoms with E-state index in [1.807, 2.05) is 17.8 Å². The first kappa shape index (κ1) is 28.4. The lowest BCUT2D eigenvalue weighted by Crippen LogP contribution is -2.32. The van der Waals surface area contributed by atoms with Crippen molar-refractivity contribution in [2.24, 2.45) is 0 Å². The van der Waals surface area contributed by atoms with E-state index in [-0.39, 0.29) is 0 Å². The van der Waals surface area contributed by atoms with Crippen LogP contribution in [0.15, 0.2) is 190 Å². The lowest BCUT2D eigenvalue weighted by Gasteiger charge is -2.40. The van der Waals surface area contributed by atoms with E-state index in [2.05, 4.69) is 174 Å². The second-order valence-corrected chi connectivity index (χ2v) is 15.0. The molecule has 12 rings (SSSR count). The number of hydrogen-bond donors (Lipinski definition) is 0. The zero-order valence-corrected chi connectivity index (χ0v) is 28.8. The van der Waals surface area contributed by atoms with E-state index in [0.29, 0.717) is 0 Å². The molecule has 0 bridgehead atoms. The first-order valence-corrected chi connectivity index (χ1v) is 18.7. The molecule has 8 aromatic carbocycles. The largest absolute Gasteiger partial charge is 0.455 e. The van der Waals surface area contributed by atoms with E-state index in [9.17, 15) is 0 Å². The molecule has 2 aromatic heterocycles. The summed E-state index contributed by atoms with van der Waals surface area (Å²) < 4.78 is 9.09. The average molecular weight is 680 g/mol. The van der Waals surface area contributed by atoms with E-state index in [4.69, 9.17) is 4.42 Å². The van der Waals surface area contributed by atoms with Gasteiger partial charge in [-0.2, -0.15) is 0 Å². The van der Waals surface area contributed by atoms with Gasteiger partial charge in [-0.25, -0.2) is 0 Å². The minimum atomic E-state index is -0.518. The highest BCUT2D eigenvalue weighted by molar-refractivity contribution is 7.99. The molecule has 52 heavy (non-hydrogen) atoms. The SMILES string of the molecule is c1ccc2c(c1)-c1ccccc1C21c2cc(-n3c4ccccc4c4ccccc43)ccc2Sc2c(-c3cccc4c3oc3ccccc34)cccc21. The van der Waals surface area contributed by atoms with Crippen molar-refractivity contribution in [3.63, 3.8) is 0 Å². The van der Waals surface area contributed by atoms with Crippen LogP contribution in [0.5, 0.6) is 0 Å². The smallest absolute Gasteiger partial charge is 0.143 e. The Bertz CT molecular complexity index is 3030. The minimum Gasteiger partial charge on any atom is -0.455 e. The van der Waals surface area contributed by atoms with E-state index < -0.39 is 5.41 Å². The quantitative estimate of drug-likeness (QED) is 0.181. The third kappa shape index (κ3) is 3.56. The Morgan fingerprint density at radius 2 is 0.981 bits per heavy atom. The number of fused-ring (bicyclic) bond motifs is 15. The average Bonchev–Trinajstić information content (AvgIpc) is 3.85. The van der Waals surface area contributed by atoms with Crippen molar-refractivity contribution >= 4 is 55.5 Å². The van der Waals surface area contributed by atoms with Gasteiger partial charge in [-0.1, -0.05) is 151 Å². The number of nitrogens with zero attached hydrogens (tertiary/aromatic N) is 1. The van der Waals surface area contributed by atoms with Gasteiger partial charge in [0.05, 0.1) is 16.4 Å². The highest BCUT2D eigenvalue weighted by Gasteiger charge is 2.50. The van der Waals surface area contributed by atoms with Crippen LogP contribution in [-0.4, -0.2) is 4.57 Å². The topological polar surface area (TPSA) is 18.1 Å². The van der Waals surface area contributed by atoms with Gasteiger partial charge in [-0.05, 0) is 75.3 Å². The van der Waals surface area contributed by atoms with Crippen molar-refractivity contribution in [3.8, 4) is 27.9 Å². The summed E-state index contributed by atoms with van der Waals surface area (Å²) >= 11 is 1.89. The first-order valence-electron chi connectivity index (χ1n) is 17.9. The predicted molar refractivity (Wildman–Crippen MR) is 215 cm³/mol. The molecule has 1 aliphatic heterocycles. The molecule has 0 unspecified atom stereocenters. The zero-order chi connectivity index (χ0) is 34.0. The lowest BCUT2D eigenvalue weighted by molar-refractivity contribution is 0.669. The standard InChI is InChI=1S/C49H29NOS/c1-6-21-39-31(13-1)32-14-2-7-22-40(32)49(39)41-23-12-20-38(37-19-11-18-36-35-17-5-10-26-45(35)51-47(36)37)48(41)52-46-28-27-30(29-42(46)49)50-43-24-8-3-15-33(43)34-16-4-9-25-44(34)50/h1-29H. The summed E-state index contributed by atoms with van der Waals surface area (Å²) in [6.45, 7) is 0. The Kier molecular flexibility index (Phi) is 5.67. The Morgan fingerprint density at radius 3 is 1.73 bits per heavy atom. The molecule has 1 spiro atoms. The molecule has 0 saturated carbocycles. The van der Waals surface area contributed by atoms with Crippen LogP contribution in [0, 0.1) is 0 Å². The number of rotatable bonds is 2. The molecule has 2 aliphatic rings. The van der Waals surface area contributed by atoms with Gasteiger partial charge in [-0.15, -0.1) is 0 Å². The summed E-state index contributed by atoms with van der Waals surface area (Å²) in [7, 11) is 0. The molecular formula is C49H29NOS. The van der Waals surface area contributed by atoms with Crippen LogP contribution in [0.2, 0.25) is 0 Å². The molecule has 2 nitrogen and oxygen atoms in total. The second-order valence-electron chi connectivity index (χ2n) is 14.0. The molecule has 242 valence electrons. The molecule has 0 saturated heterocycles. The molecule has 3 heteroatoms. The fraction of sp³-hybridized carbons (Fsp3) is 0.0204. The van der Waals surface area contributed by atoms with Gasteiger partial charge in [0, 0.05) is 42.6 Å². The molecule has 0 radical (unpaired) electrons. The molecular weight excluding hydrogens is 651 g/mol. The third-order valence-corrected chi connectivity index (χ3v) is 12.7.